The number of hydrogen-bond acceptors (Lipinski definition) is 3. The standard InChI is InChI=1S/C13H20N2O2S/c1-13(2,3)18(16,17)15-8-4-5-10-9-11(14)6-7-12(10)15/h6-7,9H,4-5,8,14H2,1-3H3. The molecule has 0 aliphatic carbocycles. The summed E-state index contributed by atoms with van der Waals surface area (Å²) in [7, 11) is -3.33. The van der Waals surface area contributed by atoms with Gasteiger partial charge in [-0.1, -0.05) is 0 Å². The average molecular weight is 268 g/mol. The van der Waals surface area contributed by atoms with Crippen LogP contribution >= 0.6 is 0 Å². The summed E-state index contributed by atoms with van der Waals surface area (Å²) in [5.41, 5.74) is 8.24. The number of nitrogen functional groups attached to an aromatic ring is 1. The molecule has 18 heavy (non-hydrogen) atoms. The first-order chi connectivity index (χ1) is 8.23. The van der Waals surface area contributed by atoms with Crippen LogP contribution in [-0.2, 0) is 16.4 Å². The number of fused-ring (bicyclic) bond motifs is 1. The van der Waals surface area contributed by atoms with E-state index in [0.717, 1.165) is 24.1 Å². The maximum atomic E-state index is 12.5. The molecule has 0 spiro atoms. The van der Waals surface area contributed by atoms with E-state index in [-0.39, 0.29) is 0 Å². The van der Waals surface area contributed by atoms with Crippen LogP contribution in [0.4, 0.5) is 11.4 Å². The van der Waals surface area contributed by atoms with Crippen molar-refractivity contribution in [2.45, 2.75) is 38.4 Å². The molecule has 0 fully saturated rings. The lowest BCUT2D eigenvalue weighted by Crippen LogP contribution is -2.45. The van der Waals surface area contributed by atoms with Crippen molar-refractivity contribution < 1.29 is 8.42 Å². The van der Waals surface area contributed by atoms with Gasteiger partial charge in [0.25, 0.3) is 0 Å². The van der Waals surface area contributed by atoms with Gasteiger partial charge < -0.3 is 5.73 Å². The van der Waals surface area contributed by atoms with Crippen molar-refractivity contribution in [1.29, 1.82) is 0 Å². The molecule has 1 aliphatic heterocycles. The van der Waals surface area contributed by atoms with Crippen molar-refractivity contribution in [2.75, 3.05) is 16.6 Å². The minimum atomic E-state index is -3.33. The molecule has 0 bridgehead atoms. The molecule has 0 saturated heterocycles. The summed E-state index contributed by atoms with van der Waals surface area (Å²) in [5, 5.41) is 0. The Bertz CT molecular complexity index is 559. The molecule has 0 atom stereocenters. The fourth-order valence-corrected chi connectivity index (χ4v) is 3.63. The lowest BCUT2D eigenvalue weighted by atomic mass is 10.0. The Hall–Kier alpha value is -1.23. The van der Waals surface area contributed by atoms with Crippen LogP contribution in [0.1, 0.15) is 32.8 Å². The third-order valence-electron chi connectivity index (χ3n) is 3.24. The van der Waals surface area contributed by atoms with Crippen LogP contribution in [-0.4, -0.2) is 19.7 Å². The maximum absolute atomic E-state index is 12.5. The Kier molecular flexibility index (Phi) is 3.05. The van der Waals surface area contributed by atoms with Gasteiger partial charge in [-0.15, -0.1) is 0 Å². The van der Waals surface area contributed by atoms with Crippen molar-refractivity contribution in [3.63, 3.8) is 0 Å². The molecule has 1 heterocycles. The van der Waals surface area contributed by atoms with Gasteiger partial charge in [-0.25, -0.2) is 8.42 Å². The molecule has 1 aromatic carbocycles. The number of hydrogen-bond donors (Lipinski definition) is 1. The molecule has 0 unspecified atom stereocenters. The first-order valence-corrected chi connectivity index (χ1v) is 7.58. The second-order valence-corrected chi connectivity index (χ2v) is 8.30. The van der Waals surface area contributed by atoms with Crippen LogP contribution in [0.15, 0.2) is 18.2 Å². The van der Waals surface area contributed by atoms with Crippen LogP contribution in [0.25, 0.3) is 0 Å². The highest BCUT2D eigenvalue weighted by Gasteiger charge is 2.37. The monoisotopic (exact) mass is 268 g/mol. The predicted octanol–water partition coefficient (Wildman–Crippen LogP) is 2.15. The van der Waals surface area contributed by atoms with Gasteiger partial charge in [0, 0.05) is 12.2 Å². The van der Waals surface area contributed by atoms with Crippen LogP contribution in [0.3, 0.4) is 0 Å². The molecule has 1 aliphatic rings. The zero-order valence-electron chi connectivity index (χ0n) is 11.1. The van der Waals surface area contributed by atoms with Crippen LogP contribution in [0, 0.1) is 0 Å². The van der Waals surface area contributed by atoms with Crippen molar-refractivity contribution in [3.8, 4) is 0 Å². The Balaban J connectivity index is 2.52. The van der Waals surface area contributed by atoms with Crippen LogP contribution < -0.4 is 10.0 Å². The van der Waals surface area contributed by atoms with Gasteiger partial charge in [-0.05, 0) is 57.4 Å². The van der Waals surface area contributed by atoms with E-state index in [1.165, 1.54) is 4.31 Å². The maximum Gasteiger partial charge on any atom is 0.240 e. The molecular weight excluding hydrogens is 248 g/mol. The Labute approximate surface area is 109 Å². The van der Waals surface area contributed by atoms with E-state index in [9.17, 15) is 8.42 Å². The van der Waals surface area contributed by atoms with Crippen molar-refractivity contribution >= 4 is 21.4 Å². The zero-order chi connectivity index (χ0) is 13.6. The minimum Gasteiger partial charge on any atom is -0.399 e. The number of nitrogens with two attached hydrogens (primary N) is 1. The van der Waals surface area contributed by atoms with Gasteiger partial charge in [-0.2, -0.15) is 0 Å². The Morgan fingerprint density at radius 3 is 2.56 bits per heavy atom. The number of nitrogens with zero attached hydrogens (tertiary/aromatic N) is 1. The van der Waals surface area contributed by atoms with E-state index in [2.05, 4.69) is 0 Å². The fraction of sp³-hybridized carbons (Fsp3) is 0.538. The quantitative estimate of drug-likeness (QED) is 0.794. The van der Waals surface area contributed by atoms with Gasteiger partial charge in [-0.3, -0.25) is 4.31 Å². The third-order valence-corrected chi connectivity index (χ3v) is 5.75. The summed E-state index contributed by atoms with van der Waals surface area (Å²) in [6.45, 7) is 5.74. The molecule has 4 nitrogen and oxygen atoms in total. The molecule has 0 aromatic heterocycles. The summed E-state index contributed by atoms with van der Waals surface area (Å²) in [6, 6.07) is 5.45. The molecule has 0 amide bonds. The van der Waals surface area contributed by atoms with Crippen LogP contribution in [0.2, 0.25) is 0 Å². The zero-order valence-corrected chi connectivity index (χ0v) is 11.9. The topological polar surface area (TPSA) is 63.4 Å². The summed E-state index contributed by atoms with van der Waals surface area (Å²) >= 11 is 0. The van der Waals surface area contributed by atoms with Crippen molar-refractivity contribution in [2.24, 2.45) is 0 Å². The Morgan fingerprint density at radius 1 is 1.28 bits per heavy atom. The van der Waals surface area contributed by atoms with Gasteiger partial charge in [0.05, 0.1) is 10.4 Å². The highest BCUT2D eigenvalue weighted by molar-refractivity contribution is 7.94. The molecule has 2 rings (SSSR count). The van der Waals surface area contributed by atoms with Gasteiger partial charge in [0.2, 0.25) is 10.0 Å². The molecule has 0 radical (unpaired) electrons. The number of rotatable bonds is 1. The number of sulfonamides is 1. The first-order valence-electron chi connectivity index (χ1n) is 6.14. The predicted molar refractivity (Wildman–Crippen MR) is 75.2 cm³/mol. The molecule has 100 valence electrons. The highest BCUT2D eigenvalue weighted by Crippen LogP contribution is 2.34. The summed E-state index contributed by atoms with van der Waals surface area (Å²) in [4.78, 5) is 0. The molecule has 2 N–H and O–H groups in total. The van der Waals surface area contributed by atoms with Crippen molar-refractivity contribution in [1.82, 2.24) is 0 Å². The number of aryl methyl sites for hydroxylation is 1. The van der Waals surface area contributed by atoms with Crippen molar-refractivity contribution in [3.05, 3.63) is 23.8 Å². The normalized spacial score (nSPS) is 16.5. The smallest absolute Gasteiger partial charge is 0.240 e. The molecule has 1 aromatic rings. The fourth-order valence-electron chi connectivity index (χ4n) is 2.16. The molecule has 5 heteroatoms. The van der Waals surface area contributed by atoms with E-state index in [0.29, 0.717) is 12.2 Å². The number of benzene rings is 1. The SMILES string of the molecule is CC(C)(C)S(=O)(=O)N1CCCc2cc(N)ccc21. The lowest BCUT2D eigenvalue weighted by molar-refractivity contribution is 0.551. The van der Waals surface area contributed by atoms with E-state index in [1.54, 1.807) is 26.8 Å². The van der Waals surface area contributed by atoms with Crippen LogP contribution in [0.5, 0.6) is 0 Å². The molecule has 0 saturated carbocycles. The second kappa shape index (κ2) is 4.16. The molecular formula is C13H20N2O2S. The summed E-state index contributed by atoms with van der Waals surface area (Å²) in [5.74, 6) is 0. The third kappa shape index (κ3) is 2.07. The first kappa shape index (κ1) is 13.2. The van der Waals surface area contributed by atoms with E-state index < -0.39 is 14.8 Å². The highest BCUT2D eigenvalue weighted by atomic mass is 32.2. The van der Waals surface area contributed by atoms with E-state index in [1.807, 2.05) is 12.1 Å². The lowest BCUT2D eigenvalue weighted by Gasteiger charge is -2.35. The number of anilines is 2. The largest absolute Gasteiger partial charge is 0.399 e. The second-order valence-electron chi connectivity index (χ2n) is 5.68. The Morgan fingerprint density at radius 2 is 1.94 bits per heavy atom. The average Bonchev–Trinajstić information content (AvgIpc) is 2.26. The summed E-state index contributed by atoms with van der Waals surface area (Å²) < 4.78 is 25.8. The van der Waals surface area contributed by atoms with Gasteiger partial charge in [0.1, 0.15) is 0 Å². The minimum absolute atomic E-state index is 0.552. The van der Waals surface area contributed by atoms with E-state index >= 15 is 0 Å². The van der Waals surface area contributed by atoms with Gasteiger partial charge in [0.15, 0.2) is 0 Å². The van der Waals surface area contributed by atoms with E-state index in [4.69, 9.17) is 5.73 Å². The summed E-state index contributed by atoms with van der Waals surface area (Å²) in [6.07, 6.45) is 1.72. The van der Waals surface area contributed by atoms with Gasteiger partial charge >= 0.3 is 0 Å².